The first-order chi connectivity index (χ1) is 13.5. The third-order valence-electron chi connectivity index (χ3n) is 5.45. The number of carbonyl (C=O) groups excluding carboxylic acids is 1. The van der Waals surface area contributed by atoms with Gasteiger partial charge in [0.25, 0.3) is 11.5 Å². The predicted molar refractivity (Wildman–Crippen MR) is 113 cm³/mol. The van der Waals surface area contributed by atoms with E-state index >= 15 is 0 Å². The molecule has 5 nitrogen and oxygen atoms in total. The molecule has 1 aliphatic rings. The van der Waals surface area contributed by atoms with Crippen molar-refractivity contribution in [2.45, 2.75) is 58.5 Å². The van der Waals surface area contributed by atoms with Crippen LogP contribution in [0.15, 0.2) is 35.1 Å². The third kappa shape index (κ3) is 3.61. The molecular weight excluding hydrogens is 370 g/mol. The molecule has 28 heavy (non-hydrogen) atoms. The van der Waals surface area contributed by atoms with Gasteiger partial charge in [0.15, 0.2) is 0 Å². The van der Waals surface area contributed by atoms with E-state index in [0.29, 0.717) is 15.1 Å². The summed E-state index contributed by atoms with van der Waals surface area (Å²) in [5, 5.41) is 3.70. The lowest BCUT2D eigenvalue weighted by Gasteiger charge is -2.16. The smallest absolute Gasteiger partial charge is 0.262 e. The van der Waals surface area contributed by atoms with Crippen molar-refractivity contribution in [1.82, 2.24) is 14.9 Å². The summed E-state index contributed by atoms with van der Waals surface area (Å²) < 4.78 is 1.79. The number of aryl methyl sites for hydroxylation is 3. The van der Waals surface area contributed by atoms with Gasteiger partial charge in [0.2, 0.25) is 0 Å². The second-order valence-electron chi connectivity index (χ2n) is 7.58. The predicted octanol–water partition coefficient (Wildman–Crippen LogP) is 3.85. The maximum Gasteiger partial charge on any atom is 0.262 e. The Morgan fingerprint density at radius 3 is 2.86 bits per heavy atom. The van der Waals surface area contributed by atoms with Crippen molar-refractivity contribution in [2.75, 3.05) is 0 Å². The molecule has 0 unspecified atom stereocenters. The molecular formula is C22H25N3O2S. The molecule has 0 aliphatic carbocycles. The number of benzene rings is 1. The first-order valence-corrected chi connectivity index (χ1v) is 10.7. The lowest BCUT2D eigenvalue weighted by Crippen LogP contribution is -2.32. The maximum atomic E-state index is 12.9. The van der Waals surface area contributed by atoms with E-state index in [-0.39, 0.29) is 17.5 Å². The molecule has 146 valence electrons. The Morgan fingerprint density at radius 1 is 1.29 bits per heavy atom. The van der Waals surface area contributed by atoms with Crippen LogP contribution in [0.4, 0.5) is 0 Å². The molecule has 1 aromatic carbocycles. The van der Waals surface area contributed by atoms with Gasteiger partial charge in [0.1, 0.15) is 10.7 Å². The Morgan fingerprint density at radius 2 is 2.07 bits per heavy atom. The van der Waals surface area contributed by atoms with Gasteiger partial charge >= 0.3 is 0 Å². The Kier molecular flexibility index (Phi) is 5.31. The normalized spacial score (nSPS) is 14.6. The Hall–Kier alpha value is -2.47. The molecule has 1 N–H and O–H groups in total. The summed E-state index contributed by atoms with van der Waals surface area (Å²) in [5.41, 5.74) is 2.03. The van der Waals surface area contributed by atoms with Gasteiger partial charge in [-0.05, 0) is 50.7 Å². The number of thiophene rings is 1. The van der Waals surface area contributed by atoms with E-state index in [1.54, 1.807) is 4.57 Å². The Balaban J connectivity index is 1.53. The van der Waals surface area contributed by atoms with E-state index < -0.39 is 0 Å². The van der Waals surface area contributed by atoms with E-state index in [0.717, 1.165) is 50.0 Å². The maximum absolute atomic E-state index is 12.9. The number of nitrogens with zero attached hydrogens (tertiary/aromatic N) is 2. The van der Waals surface area contributed by atoms with E-state index in [4.69, 9.17) is 4.98 Å². The summed E-state index contributed by atoms with van der Waals surface area (Å²) in [5.74, 6) is 0.747. The fourth-order valence-electron chi connectivity index (χ4n) is 3.84. The van der Waals surface area contributed by atoms with Crippen molar-refractivity contribution in [3.63, 3.8) is 0 Å². The van der Waals surface area contributed by atoms with Gasteiger partial charge in [0.05, 0.1) is 10.3 Å². The highest BCUT2D eigenvalue weighted by atomic mass is 32.1. The second-order valence-corrected chi connectivity index (χ2v) is 8.58. The van der Waals surface area contributed by atoms with E-state index in [2.05, 4.69) is 17.4 Å². The van der Waals surface area contributed by atoms with Crippen LogP contribution in [0.1, 0.15) is 52.8 Å². The molecule has 4 rings (SSSR count). The fourth-order valence-corrected chi connectivity index (χ4v) is 4.93. The van der Waals surface area contributed by atoms with Crippen LogP contribution < -0.4 is 10.9 Å². The molecule has 0 radical (unpaired) electrons. The quantitative estimate of drug-likeness (QED) is 0.714. The number of nitrogens with one attached hydrogen (secondary N) is 1. The first-order valence-electron chi connectivity index (χ1n) is 9.92. The van der Waals surface area contributed by atoms with E-state index in [1.807, 2.05) is 32.0 Å². The second kappa shape index (κ2) is 7.87. The zero-order valence-corrected chi connectivity index (χ0v) is 17.1. The van der Waals surface area contributed by atoms with Crippen molar-refractivity contribution in [2.24, 2.45) is 0 Å². The molecule has 0 fully saturated rings. The van der Waals surface area contributed by atoms with Crippen LogP contribution in [0.2, 0.25) is 0 Å². The van der Waals surface area contributed by atoms with Crippen LogP contribution in [-0.4, -0.2) is 21.5 Å². The van der Waals surface area contributed by atoms with Crippen LogP contribution in [-0.2, 0) is 19.4 Å². The Labute approximate surface area is 168 Å². The summed E-state index contributed by atoms with van der Waals surface area (Å²) in [6.07, 6.45) is 4.70. The van der Waals surface area contributed by atoms with Crippen LogP contribution in [0.25, 0.3) is 10.2 Å². The summed E-state index contributed by atoms with van der Waals surface area (Å²) >= 11 is 1.34. The zero-order valence-electron chi connectivity index (χ0n) is 16.3. The molecule has 0 bridgehead atoms. The molecule has 0 spiro atoms. The molecule has 2 aromatic heterocycles. The average Bonchev–Trinajstić information content (AvgIpc) is 3.04. The minimum Gasteiger partial charge on any atom is -0.349 e. The highest BCUT2D eigenvalue weighted by molar-refractivity contribution is 7.20. The van der Waals surface area contributed by atoms with Gasteiger partial charge in [-0.15, -0.1) is 11.3 Å². The number of hydrogen-bond donors (Lipinski definition) is 1. The van der Waals surface area contributed by atoms with Crippen LogP contribution >= 0.6 is 11.3 Å². The van der Waals surface area contributed by atoms with Crippen LogP contribution in [0, 0.1) is 6.92 Å². The van der Waals surface area contributed by atoms with E-state index in [9.17, 15) is 9.59 Å². The SMILES string of the molecule is Cc1c(C(=O)N[C@H](C)CCc2ccccc2)sc2nc3n(c(=O)c12)CCCC3. The fraction of sp³-hybridized carbons (Fsp3) is 0.409. The highest BCUT2D eigenvalue weighted by Gasteiger charge is 2.23. The molecule has 1 atom stereocenters. The topological polar surface area (TPSA) is 64.0 Å². The first kappa shape index (κ1) is 18.9. The van der Waals surface area contributed by atoms with Gasteiger partial charge in [0, 0.05) is 19.0 Å². The summed E-state index contributed by atoms with van der Waals surface area (Å²) in [7, 11) is 0. The van der Waals surface area contributed by atoms with Gasteiger partial charge in [-0.25, -0.2) is 4.98 Å². The standard InChI is InChI=1S/C22H25N3O2S/c1-14(11-12-16-8-4-3-5-9-16)23-20(26)19-15(2)18-21(28-19)24-17-10-6-7-13-25(17)22(18)27/h3-5,8-9,14H,6-7,10-13H2,1-2H3,(H,23,26)/t14-/m1/s1. The van der Waals surface area contributed by atoms with Gasteiger partial charge in [-0.1, -0.05) is 30.3 Å². The van der Waals surface area contributed by atoms with Crippen molar-refractivity contribution < 1.29 is 4.79 Å². The molecule has 3 aromatic rings. The third-order valence-corrected chi connectivity index (χ3v) is 6.64. The number of hydrogen-bond acceptors (Lipinski definition) is 4. The van der Waals surface area contributed by atoms with Crippen LogP contribution in [0.3, 0.4) is 0 Å². The molecule has 0 saturated carbocycles. The monoisotopic (exact) mass is 395 g/mol. The van der Waals surface area contributed by atoms with Gasteiger partial charge in [-0.2, -0.15) is 0 Å². The largest absolute Gasteiger partial charge is 0.349 e. The van der Waals surface area contributed by atoms with Gasteiger partial charge in [-0.3, -0.25) is 14.2 Å². The highest BCUT2D eigenvalue weighted by Crippen LogP contribution is 2.28. The average molecular weight is 396 g/mol. The van der Waals surface area contributed by atoms with Crippen LogP contribution in [0.5, 0.6) is 0 Å². The summed E-state index contributed by atoms with van der Waals surface area (Å²) in [4.78, 5) is 31.8. The van der Waals surface area contributed by atoms with Crippen molar-refractivity contribution in [1.29, 1.82) is 0 Å². The number of rotatable bonds is 5. The molecule has 1 amide bonds. The minimum absolute atomic E-state index is 0.00428. The number of aromatic nitrogens is 2. The summed E-state index contributed by atoms with van der Waals surface area (Å²) in [6, 6.07) is 10.3. The number of carbonyl (C=O) groups is 1. The van der Waals surface area contributed by atoms with Crippen molar-refractivity contribution >= 4 is 27.5 Å². The molecule has 0 saturated heterocycles. The van der Waals surface area contributed by atoms with E-state index in [1.165, 1.54) is 16.9 Å². The van der Waals surface area contributed by atoms with Gasteiger partial charge < -0.3 is 5.32 Å². The number of amides is 1. The summed E-state index contributed by atoms with van der Waals surface area (Å²) in [6.45, 7) is 4.61. The van der Waals surface area contributed by atoms with Crippen molar-refractivity contribution in [3.8, 4) is 0 Å². The zero-order chi connectivity index (χ0) is 19.7. The molecule has 3 heterocycles. The minimum atomic E-state index is -0.108. The molecule has 6 heteroatoms. The van der Waals surface area contributed by atoms with Crippen molar-refractivity contribution in [3.05, 3.63) is 62.5 Å². The lowest BCUT2D eigenvalue weighted by atomic mass is 10.1. The lowest BCUT2D eigenvalue weighted by molar-refractivity contribution is 0.0942. The Bertz CT molecular complexity index is 1070. The number of fused-ring (bicyclic) bond motifs is 2. The molecule has 1 aliphatic heterocycles.